The van der Waals surface area contributed by atoms with Crippen LogP contribution in [0.2, 0.25) is 0 Å². The number of pyridine rings is 1. The van der Waals surface area contributed by atoms with Gasteiger partial charge in [-0.3, -0.25) is 14.3 Å². The molecule has 14 heteroatoms. The van der Waals surface area contributed by atoms with Gasteiger partial charge < -0.3 is 29.2 Å². The van der Waals surface area contributed by atoms with Gasteiger partial charge >= 0.3 is 0 Å². The molecule has 53 heavy (non-hydrogen) atoms. The number of ether oxygens (including phenoxy) is 2. The second-order valence-corrected chi connectivity index (χ2v) is 13.2. The molecular weight excluding hydrogens is 682 g/mol. The number of halogens is 2. The number of nitrogens with one attached hydrogen (secondary N) is 1. The summed E-state index contributed by atoms with van der Waals surface area (Å²) in [6.07, 6.45) is 9.22. The van der Waals surface area contributed by atoms with E-state index in [1.807, 2.05) is 41.3 Å². The van der Waals surface area contributed by atoms with E-state index < -0.39 is 11.6 Å². The van der Waals surface area contributed by atoms with Gasteiger partial charge in [0.1, 0.15) is 17.3 Å². The molecule has 1 saturated heterocycles. The zero-order valence-electron chi connectivity index (χ0n) is 29.9. The normalized spacial score (nSPS) is 14.8. The molecule has 7 rings (SSSR count). The summed E-state index contributed by atoms with van der Waals surface area (Å²) in [6.45, 7) is 5.60. The molecule has 0 aliphatic carbocycles. The van der Waals surface area contributed by atoms with Gasteiger partial charge in [-0.1, -0.05) is 36.8 Å². The summed E-state index contributed by atoms with van der Waals surface area (Å²) in [6, 6.07) is 12.5. The number of fused-ring (bicyclic) bond motifs is 1. The number of unbranched alkanes of at least 4 members (excludes halogenated alkanes) is 1. The molecule has 2 aliphatic heterocycles. The van der Waals surface area contributed by atoms with Crippen LogP contribution in [0.3, 0.4) is 0 Å². The molecule has 0 radical (unpaired) electrons. The number of rotatable bonds is 12. The minimum absolute atomic E-state index is 0.0482. The molecule has 0 bridgehead atoms. The lowest BCUT2D eigenvalue weighted by atomic mass is 9.93. The van der Waals surface area contributed by atoms with Crippen molar-refractivity contribution < 1.29 is 27.8 Å². The molecule has 0 atom stereocenters. The number of aromatic nitrogens is 5. The van der Waals surface area contributed by atoms with Crippen molar-refractivity contribution in [3.8, 4) is 22.6 Å². The van der Waals surface area contributed by atoms with Crippen LogP contribution in [0.5, 0.6) is 11.5 Å². The number of benzene rings is 2. The van der Waals surface area contributed by atoms with Crippen molar-refractivity contribution in [2.24, 2.45) is 0 Å². The van der Waals surface area contributed by atoms with Crippen molar-refractivity contribution in [1.29, 1.82) is 0 Å². The summed E-state index contributed by atoms with van der Waals surface area (Å²) in [5, 5.41) is 8.32. The van der Waals surface area contributed by atoms with Gasteiger partial charge in [0.15, 0.2) is 17.4 Å². The van der Waals surface area contributed by atoms with Gasteiger partial charge in [0.05, 0.1) is 38.2 Å². The second-order valence-electron chi connectivity index (χ2n) is 13.2. The third-order valence-corrected chi connectivity index (χ3v) is 9.78. The molecule has 0 unspecified atom stereocenters. The molecule has 0 spiro atoms. The van der Waals surface area contributed by atoms with Crippen LogP contribution in [0.15, 0.2) is 67.1 Å². The van der Waals surface area contributed by atoms with Gasteiger partial charge in [-0.25, -0.2) is 13.8 Å². The maximum Gasteiger partial charge on any atom is 0.270 e. The van der Waals surface area contributed by atoms with E-state index in [1.165, 1.54) is 13.2 Å². The third kappa shape index (κ3) is 7.71. The second kappa shape index (κ2) is 15.8. The monoisotopic (exact) mass is 724 g/mol. The van der Waals surface area contributed by atoms with Crippen LogP contribution >= 0.6 is 0 Å². The van der Waals surface area contributed by atoms with Crippen LogP contribution in [-0.2, 0) is 11.3 Å². The van der Waals surface area contributed by atoms with Crippen LogP contribution in [0.25, 0.3) is 27.6 Å². The van der Waals surface area contributed by atoms with Crippen LogP contribution in [0.1, 0.15) is 48.7 Å². The topological polar surface area (TPSA) is 122 Å². The number of aromatic amines is 1. The number of H-pyrrole nitrogens is 1. The molecule has 0 saturated carbocycles. The Morgan fingerprint density at radius 1 is 0.981 bits per heavy atom. The number of amides is 2. The highest BCUT2D eigenvalue weighted by atomic mass is 19.1. The van der Waals surface area contributed by atoms with E-state index in [4.69, 9.17) is 9.47 Å². The van der Waals surface area contributed by atoms with E-state index in [0.29, 0.717) is 80.4 Å². The number of hydrogen-bond donors (Lipinski definition) is 1. The average molecular weight is 725 g/mol. The van der Waals surface area contributed by atoms with E-state index in [-0.39, 0.29) is 36.0 Å². The molecule has 2 aliphatic rings. The Hall–Kier alpha value is -5.79. The van der Waals surface area contributed by atoms with E-state index >= 15 is 4.39 Å². The number of piperazine rings is 1. The van der Waals surface area contributed by atoms with E-state index in [0.717, 1.165) is 35.9 Å². The number of aryl methyl sites for hydroxylation is 1. The summed E-state index contributed by atoms with van der Waals surface area (Å²) < 4.78 is 43.3. The van der Waals surface area contributed by atoms with Crippen molar-refractivity contribution in [3.05, 3.63) is 90.0 Å². The van der Waals surface area contributed by atoms with Gasteiger partial charge in [0, 0.05) is 68.9 Å². The quantitative estimate of drug-likeness (QED) is 0.157. The first kappa shape index (κ1) is 35.6. The largest absolute Gasteiger partial charge is 0.494 e. The summed E-state index contributed by atoms with van der Waals surface area (Å²) in [4.78, 5) is 39.9. The summed E-state index contributed by atoms with van der Waals surface area (Å²) in [5.41, 5.74) is 3.16. The maximum absolute atomic E-state index is 16.7. The zero-order chi connectivity index (χ0) is 36.9. The third-order valence-electron chi connectivity index (χ3n) is 9.78. The number of methoxy groups -OCH3 is 1. The fourth-order valence-corrected chi connectivity index (χ4v) is 6.88. The molecule has 12 nitrogen and oxygen atoms in total. The molecule has 2 aromatic carbocycles. The Morgan fingerprint density at radius 3 is 2.53 bits per heavy atom. The number of carbonyl (C=O) groups excluding carboxylic acids is 2. The van der Waals surface area contributed by atoms with E-state index in [9.17, 15) is 14.0 Å². The lowest BCUT2D eigenvalue weighted by Gasteiger charge is -2.35. The molecular formula is C39H42F2N8O4. The lowest BCUT2D eigenvalue weighted by Crippen LogP contribution is -2.49. The smallest absolute Gasteiger partial charge is 0.270 e. The highest BCUT2D eigenvalue weighted by Crippen LogP contribution is 2.38. The zero-order valence-corrected chi connectivity index (χ0v) is 29.9. The van der Waals surface area contributed by atoms with Crippen LogP contribution < -0.4 is 14.4 Å². The van der Waals surface area contributed by atoms with Gasteiger partial charge in [0.25, 0.3) is 5.91 Å². The maximum atomic E-state index is 16.7. The fourth-order valence-electron chi connectivity index (χ4n) is 6.88. The number of carbonyl (C=O) groups is 2. The fraction of sp³-hybridized carbons (Fsp3) is 0.359. The highest BCUT2D eigenvalue weighted by Gasteiger charge is 2.28. The Balaban J connectivity index is 1.17. The number of hydrogen-bond acceptors (Lipinski definition) is 8. The van der Waals surface area contributed by atoms with Crippen LogP contribution in [0.4, 0.5) is 14.6 Å². The average Bonchev–Trinajstić information content (AvgIpc) is 3.89. The van der Waals surface area contributed by atoms with E-state index in [1.54, 1.807) is 32.9 Å². The predicted molar refractivity (Wildman–Crippen MR) is 197 cm³/mol. The molecule has 1 N–H and O–H groups in total. The Labute approximate surface area is 306 Å². The van der Waals surface area contributed by atoms with Gasteiger partial charge in [0.2, 0.25) is 5.91 Å². The van der Waals surface area contributed by atoms with Crippen molar-refractivity contribution in [3.63, 3.8) is 0 Å². The highest BCUT2D eigenvalue weighted by molar-refractivity contribution is 6.04. The van der Waals surface area contributed by atoms with E-state index in [2.05, 4.69) is 27.2 Å². The number of anilines is 1. The molecule has 5 aromatic rings. The minimum atomic E-state index is -0.491. The van der Waals surface area contributed by atoms with Crippen molar-refractivity contribution in [2.45, 2.75) is 39.2 Å². The van der Waals surface area contributed by atoms with Crippen molar-refractivity contribution in [1.82, 2.24) is 34.8 Å². The molecule has 1 fully saturated rings. The van der Waals surface area contributed by atoms with Gasteiger partial charge in [-0.05, 0) is 53.8 Å². The Morgan fingerprint density at radius 2 is 1.79 bits per heavy atom. The molecule has 276 valence electrons. The Bertz CT molecular complexity index is 2110. The molecule has 5 heterocycles. The van der Waals surface area contributed by atoms with Crippen molar-refractivity contribution >= 4 is 34.1 Å². The summed E-state index contributed by atoms with van der Waals surface area (Å²) in [5.74, 6) is 0.306. The Kier molecular flexibility index (Phi) is 10.6. The summed E-state index contributed by atoms with van der Waals surface area (Å²) >= 11 is 0. The predicted octanol–water partition coefficient (Wildman–Crippen LogP) is 5.96. The first-order chi connectivity index (χ1) is 25.8. The first-order valence-corrected chi connectivity index (χ1v) is 18.0. The minimum Gasteiger partial charge on any atom is -0.494 e. The lowest BCUT2D eigenvalue weighted by molar-refractivity contribution is -0.131. The molecule has 3 aromatic heterocycles. The first-order valence-electron chi connectivity index (χ1n) is 18.0. The van der Waals surface area contributed by atoms with Crippen molar-refractivity contribution in [2.75, 3.05) is 57.9 Å². The van der Waals surface area contributed by atoms with Crippen LogP contribution in [-0.4, -0.2) is 99.6 Å². The summed E-state index contributed by atoms with van der Waals surface area (Å²) in [7, 11) is 1.47. The van der Waals surface area contributed by atoms with Crippen LogP contribution in [0, 0.1) is 11.6 Å². The van der Waals surface area contributed by atoms with Gasteiger partial charge in [-0.2, -0.15) is 0 Å². The SMILES string of the molecule is CCCCOc1ccc(-c2cc(C3=CCCN(C(=O)CCn4ccnn4)C3)c(F)c3[nH]c(C(=O)N4CCN(c5ncc(F)cc5OC)CC4)cc23)cc1. The van der Waals surface area contributed by atoms with Gasteiger partial charge in [-0.15, -0.1) is 5.10 Å². The number of nitrogens with zero attached hydrogens (tertiary/aromatic N) is 7. The molecule has 2 amide bonds. The standard InChI is InChI=1S/C39H42F2N8O4/c1-3-4-20-53-29-9-7-26(8-10-29)30-22-31(27-6-5-13-48(25-27)35(50)11-14-49-15-12-43-45-49)36(41)37-32(30)23-33(44-37)39(51)47-18-16-46(17-19-47)38-34(52-2)21-28(40)24-42-38/h6-10,12,15,21-24,44H,3-5,11,13-14,16-20,25H2,1-2H3.